The molecule has 0 spiro atoms. The van der Waals surface area contributed by atoms with Gasteiger partial charge in [0.25, 0.3) is 11.9 Å². The van der Waals surface area contributed by atoms with Gasteiger partial charge in [-0.2, -0.15) is 4.98 Å². The van der Waals surface area contributed by atoms with E-state index < -0.39 is 5.91 Å². The van der Waals surface area contributed by atoms with Crippen LogP contribution < -0.4 is 5.32 Å². The first kappa shape index (κ1) is 19.8. The van der Waals surface area contributed by atoms with Gasteiger partial charge in [0.15, 0.2) is 5.78 Å². The monoisotopic (exact) mass is 438 g/mol. The molecule has 0 unspecified atom stereocenters. The lowest BCUT2D eigenvalue weighted by molar-refractivity contribution is 0.0996. The van der Waals surface area contributed by atoms with Crippen LogP contribution in [0, 0.1) is 6.92 Å². The van der Waals surface area contributed by atoms with Crippen molar-refractivity contribution in [1.82, 2.24) is 14.6 Å². The fraction of sp³-hybridized carbons (Fsp3) is 0.0400. The summed E-state index contributed by atoms with van der Waals surface area (Å²) in [5, 5.41) is 9.20. The Balaban J connectivity index is 1.44. The molecule has 1 amide bonds. The Morgan fingerprint density at radius 3 is 2.31 bits per heavy atom. The van der Waals surface area contributed by atoms with E-state index in [4.69, 9.17) is 0 Å². The first-order valence-electron chi connectivity index (χ1n) is 10.0. The SMILES string of the molecule is Cc1ccc(-c2csc3nc(NC(=O)c4ccccc4C(=O)c4ccccc4)nn23)cc1. The molecule has 0 bridgehead atoms. The molecule has 0 radical (unpaired) electrons. The molecule has 0 aliphatic rings. The lowest BCUT2D eigenvalue weighted by atomic mass is 9.98. The second-order valence-electron chi connectivity index (χ2n) is 7.31. The van der Waals surface area contributed by atoms with Crippen LogP contribution in [0.15, 0.2) is 84.2 Å². The second kappa shape index (κ2) is 8.20. The van der Waals surface area contributed by atoms with E-state index in [0.29, 0.717) is 16.1 Å². The molecule has 3 aromatic carbocycles. The van der Waals surface area contributed by atoms with Crippen molar-refractivity contribution in [3.05, 3.63) is 106 Å². The van der Waals surface area contributed by atoms with Crippen molar-refractivity contribution >= 4 is 33.9 Å². The first-order valence-corrected chi connectivity index (χ1v) is 10.9. The highest BCUT2D eigenvalue weighted by Crippen LogP contribution is 2.26. The van der Waals surface area contributed by atoms with E-state index in [1.807, 2.05) is 42.6 Å². The van der Waals surface area contributed by atoms with Gasteiger partial charge in [-0.05, 0) is 13.0 Å². The molecule has 0 saturated heterocycles. The number of hydrogen-bond donors (Lipinski definition) is 1. The Morgan fingerprint density at radius 2 is 1.56 bits per heavy atom. The number of carbonyl (C=O) groups excluding carboxylic acids is 2. The van der Waals surface area contributed by atoms with E-state index in [1.165, 1.54) is 16.9 Å². The predicted molar refractivity (Wildman–Crippen MR) is 125 cm³/mol. The van der Waals surface area contributed by atoms with Gasteiger partial charge in [-0.3, -0.25) is 14.9 Å². The van der Waals surface area contributed by atoms with Gasteiger partial charge in [0, 0.05) is 22.1 Å². The minimum atomic E-state index is -0.431. The smallest absolute Gasteiger partial charge is 0.258 e. The fourth-order valence-electron chi connectivity index (χ4n) is 3.45. The number of hydrogen-bond acceptors (Lipinski definition) is 5. The lowest BCUT2D eigenvalue weighted by Crippen LogP contribution is -2.17. The summed E-state index contributed by atoms with van der Waals surface area (Å²) in [6.07, 6.45) is 0. The molecule has 5 aromatic rings. The average Bonchev–Trinajstić information content (AvgIpc) is 3.40. The number of amides is 1. The zero-order valence-corrected chi connectivity index (χ0v) is 18.0. The fourth-order valence-corrected chi connectivity index (χ4v) is 4.28. The van der Waals surface area contributed by atoms with Crippen molar-refractivity contribution in [3.63, 3.8) is 0 Å². The third-order valence-electron chi connectivity index (χ3n) is 5.11. The zero-order chi connectivity index (χ0) is 22.1. The summed E-state index contributed by atoms with van der Waals surface area (Å²) in [5.41, 5.74) is 4.23. The summed E-state index contributed by atoms with van der Waals surface area (Å²) in [6.45, 7) is 2.04. The third-order valence-corrected chi connectivity index (χ3v) is 5.92. The van der Waals surface area contributed by atoms with E-state index in [2.05, 4.69) is 15.4 Å². The molecule has 156 valence electrons. The molecule has 2 aromatic heterocycles. The van der Waals surface area contributed by atoms with E-state index in [0.717, 1.165) is 11.3 Å². The summed E-state index contributed by atoms with van der Waals surface area (Å²) in [4.78, 5) is 31.0. The van der Waals surface area contributed by atoms with E-state index in [-0.39, 0.29) is 17.3 Å². The van der Waals surface area contributed by atoms with Crippen molar-refractivity contribution in [2.45, 2.75) is 6.92 Å². The Kier molecular flexibility index (Phi) is 5.09. The van der Waals surface area contributed by atoms with Crippen LogP contribution in [-0.4, -0.2) is 26.3 Å². The van der Waals surface area contributed by atoms with Crippen molar-refractivity contribution in [1.29, 1.82) is 0 Å². The third kappa shape index (κ3) is 3.70. The Bertz CT molecular complexity index is 1440. The summed E-state index contributed by atoms with van der Waals surface area (Å²) in [7, 11) is 0. The predicted octanol–water partition coefficient (Wildman–Crippen LogP) is 5.25. The molecule has 0 saturated carbocycles. The maximum atomic E-state index is 13.0. The number of ketones is 1. The summed E-state index contributed by atoms with van der Waals surface area (Å²) < 4.78 is 1.71. The summed E-state index contributed by atoms with van der Waals surface area (Å²) in [6, 6.07) is 23.8. The maximum Gasteiger partial charge on any atom is 0.258 e. The van der Waals surface area contributed by atoms with Crippen LogP contribution in [0.25, 0.3) is 16.2 Å². The highest BCUT2D eigenvalue weighted by Gasteiger charge is 2.20. The largest absolute Gasteiger partial charge is 0.289 e. The van der Waals surface area contributed by atoms with Crippen molar-refractivity contribution in [2.75, 3.05) is 5.32 Å². The Labute approximate surface area is 188 Å². The summed E-state index contributed by atoms with van der Waals surface area (Å²) in [5.74, 6) is -0.450. The highest BCUT2D eigenvalue weighted by atomic mass is 32.1. The minimum Gasteiger partial charge on any atom is -0.289 e. The molecule has 2 heterocycles. The van der Waals surface area contributed by atoms with Gasteiger partial charge in [-0.25, -0.2) is 4.52 Å². The van der Waals surface area contributed by atoms with Crippen LogP contribution in [-0.2, 0) is 0 Å². The molecule has 32 heavy (non-hydrogen) atoms. The van der Waals surface area contributed by atoms with Crippen LogP contribution in [0.5, 0.6) is 0 Å². The van der Waals surface area contributed by atoms with Crippen LogP contribution in [0.2, 0.25) is 0 Å². The first-order chi connectivity index (χ1) is 15.6. The molecule has 0 atom stereocenters. The van der Waals surface area contributed by atoms with Crippen LogP contribution >= 0.6 is 11.3 Å². The standard InChI is InChI=1S/C25H18N4O2S/c1-16-11-13-17(14-12-16)21-15-32-25-27-24(28-29(21)25)26-23(31)20-10-6-5-9-19(20)22(30)18-7-3-2-4-8-18/h2-15H,1H3,(H,26,28,31). The molecule has 6 nitrogen and oxygen atoms in total. The average molecular weight is 439 g/mol. The van der Waals surface area contributed by atoms with Crippen LogP contribution in [0.4, 0.5) is 5.95 Å². The van der Waals surface area contributed by atoms with Crippen molar-refractivity contribution < 1.29 is 9.59 Å². The highest BCUT2D eigenvalue weighted by molar-refractivity contribution is 7.15. The number of rotatable bonds is 5. The number of benzene rings is 3. The van der Waals surface area contributed by atoms with Gasteiger partial charge in [0.05, 0.1) is 11.3 Å². The lowest BCUT2D eigenvalue weighted by Gasteiger charge is -2.08. The van der Waals surface area contributed by atoms with Gasteiger partial charge in [-0.15, -0.1) is 16.4 Å². The van der Waals surface area contributed by atoms with Crippen molar-refractivity contribution in [3.8, 4) is 11.3 Å². The minimum absolute atomic E-state index is 0.192. The number of fused-ring (bicyclic) bond motifs is 1. The Morgan fingerprint density at radius 1 is 0.875 bits per heavy atom. The molecule has 7 heteroatoms. The second-order valence-corrected chi connectivity index (χ2v) is 8.15. The maximum absolute atomic E-state index is 13.0. The van der Waals surface area contributed by atoms with Crippen LogP contribution in [0.3, 0.4) is 0 Å². The Hall–Kier alpha value is -4.10. The molecule has 1 N–H and O–H groups in total. The van der Waals surface area contributed by atoms with Gasteiger partial charge in [0.2, 0.25) is 4.96 Å². The number of aryl methyl sites for hydroxylation is 1. The van der Waals surface area contributed by atoms with Gasteiger partial charge < -0.3 is 0 Å². The molecule has 0 aliphatic carbocycles. The van der Waals surface area contributed by atoms with E-state index in [9.17, 15) is 9.59 Å². The molecule has 0 aliphatic heterocycles. The topological polar surface area (TPSA) is 76.4 Å². The number of anilines is 1. The number of thiazole rings is 1. The van der Waals surface area contributed by atoms with E-state index >= 15 is 0 Å². The molecule has 0 fully saturated rings. The quantitative estimate of drug-likeness (QED) is 0.380. The van der Waals surface area contributed by atoms with Gasteiger partial charge in [-0.1, -0.05) is 78.4 Å². The molecular formula is C25H18N4O2S. The number of nitrogens with one attached hydrogen (secondary N) is 1. The normalized spacial score (nSPS) is 10.9. The van der Waals surface area contributed by atoms with Gasteiger partial charge >= 0.3 is 0 Å². The number of carbonyl (C=O) groups is 2. The van der Waals surface area contributed by atoms with Gasteiger partial charge in [0.1, 0.15) is 0 Å². The van der Waals surface area contributed by atoms with E-state index in [1.54, 1.807) is 53.0 Å². The zero-order valence-electron chi connectivity index (χ0n) is 17.1. The number of nitrogens with zero attached hydrogens (tertiary/aromatic N) is 3. The number of aromatic nitrogens is 3. The van der Waals surface area contributed by atoms with Crippen LogP contribution in [0.1, 0.15) is 31.8 Å². The summed E-state index contributed by atoms with van der Waals surface area (Å²) >= 11 is 1.45. The molecule has 5 rings (SSSR count). The molecular weight excluding hydrogens is 420 g/mol. The van der Waals surface area contributed by atoms with Crippen molar-refractivity contribution in [2.24, 2.45) is 0 Å².